The standard InChI is InChI=1S/C11H20N4OS/c1-3-6-15-10(12-13-11(15)17)14-7-4-9(16-2)5-8-14/h9H,3-8H2,1-2H3,(H,13,17). The maximum absolute atomic E-state index is 5.38. The molecule has 0 bridgehead atoms. The average Bonchev–Trinajstić information content (AvgIpc) is 2.72. The number of anilines is 1. The summed E-state index contributed by atoms with van der Waals surface area (Å²) in [7, 11) is 1.79. The number of nitrogens with one attached hydrogen (secondary N) is 1. The third kappa shape index (κ3) is 2.69. The van der Waals surface area contributed by atoms with Gasteiger partial charge in [-0.05, 0) is 31.5 Å². The number of hydrogen-bond acceptors (Lipinski definition) is 4. The minimum Gasteiger partial charge on any atom is -0.381 e. The molecule has 0 aromatic carbocycles. The molecule has 1 aliphatic heterocycles. The van der Waals surface area contributed by atoms with Crippen LogP contribution in [-0.4, -0.2) is 41.1 Å². The van der Waals surface area contributed by atoms with Gasteiger partial charge in [0.25, 0.3) is 0 Å². The van der Waals surface area contributed by atoms with Crippen LogP contribution in [0, 0.1) is 4.77 Å². The molecule has 17 heavy (non-hydrogen) atoms. The molecule has 0 atom stereocenters. The van der Waals surface area contributed by atoms with Gasteiger partial charge in [-0.3, -0.25) is 4.57 Å². The average molecular weight is 256 g/mol. The number of methoxy groups -OCH3 is 1. The first-order valence-electron chi connectivity index (χ1n) is 6.19. The van der Waals surface area contributed by atoms with Gasteiger partial charge in [-0.2, -0.15) is 0 Å². The molecule has 0 aliphatic carbocycles. The van der Waals surface area contributed by atoms with E-state index in [1.807, 2.05) is 0 Å². The van der Waals surface area contributed by atoms with Gasteiger partial charge < -0.3 is 9.64 Å². The molecule has 96 valence electrons. The Morgan fingerprint density at radius 1 is 1.47 bits per heavy atom. The lowest BCUT2D eigenvalue weighted by atomic mass is 10.1. The monoisotopic (exact) mass is 256 g/mol. The molecule has 1 N–H and O–H groups in total. The molecule has 0 amide bonds. The molecule has 1 aromatic rings. The molecule has 2 rings (SSSR count). The second kappa shape index (κ2) is 5.64. The SMILES string of the molecule is CCCn1c(N2CCC(OC)CC2)n[nH]c1=S. The lowest BCUT2D eigenvalue weighted by Crippen LogP contribution is -2.38. The van der Waals surface area contributed by atoms with Crippen molar-refractivity contribution in [3.8, 4) is 0 Å². The van der Waals surface area contributed by atoms with Crippen LogP contribution in [0.25, 0.3) is 0 Å². The van der Waals surface area contributed by atoms with Crippen molar-refractivity contribution in [3.05, 3.63) is 4.77 Å². The molecule has 6 heteroatoms. The minimum atomic E-state index is 0.396. The molecule has 1 aromatic heterocycles. The Labute approximate surface area is 107 Å². The van der Waals surface area contributed by atoms with Crippen molar-refractivity contribution in [2.75, 3.05) is 25.1 Å². The molecule has 0 radical (unpaired) electrons. The van der Waals surface area contributed by atoms with Crippen molar-refractivity contribution < 1.29 is 4.74 Å². The van der Waals surface area contributed by atoms with Crippen LogP contribution in [0.3, 0.4) is 0 Å². The van der Waals surface area contributed by atoms with Gasteiger partial charge in [0.2, 0.25) is 5.95 Å². The molecule has 0 spiro atoms. The number of hydrogen-bond donors (Lipinski definition) is 1. The Hall–Kier alpha value is -0.880. The molecule has 2 heterocycles. The Bertz CT molecular complexity index is 406. The summed E-state index contributed by atoms with van der Waals surface area (Å²) in [5.41, 5.74) is 0. The van der Waals surface area contributed by atoms with Crippen molar-refractivity contribution in [1.82, 2.24) is 14.8 Å². The van der Waals surface area contributed by atoms with E-state index in [4.69, 9.17) is 17.0 Å². The van der Waals surface area contributed by atoms with Gasteiger partial charge in [-0.15, -0.1) is 5.10 Å². The van der Waals surface area contributed by atoms with Gasteiger partial charge in [0.05, 0.1) is 6.10 Å². The van der Waals surface area contributed by atoms with Crippen LogP contribution in [0.4, 0.5) is 5.95 Å². The highest BCUT2D eigenvalue weighted by atomic mass is 32.1. The van der Waals surface area contributed by atoms with Crippen LogP contribution in [0.5, 0.6) is 0 Å². The number of ether oxygens (including phenoxy) is 1. The lowest BCUT2D eigenvalue weighted by molar-refractivity contribution is 0.0815. The van der Waals surface area contributed by atoms with E-state index in [2.05, 4.69) is 26.6 Å². The fourth-order valence-corrected chi connectivity index (χ4v) is 2.49. The molecule has 1 fully saturated rings. The van der Waals surface area contributed by atoms with Crippen LogP contribution in [-0.2, 0) is 11.3 Å². The van der Waals surface area contributed by atoms with Crippen LogP contribution < -0.4 is 4.90 Å². The van der Waals surface area contributed by atoms with E-state index in [9.17, 15) is 0 Å². The Morgan fingerprint density at radius 3 is 2.76 bits per heavy atom. The van der Waals surface area contributed by atoms with E-state index in [1.165, 1.54) is 0 Å². The van der Waals surface area contributed by atoms with Gasteiger partial charge in [0, 0.05) is 26.7 Å². The number of aromatic nitrogens is 3. The maximum Gasteiger partial charge on any atom is 0.225 e. The van der Waals surface area contributed by atoms with Crippen molar-refractivity contribution in [2.24, 2.45) is 0 Å². The summed E-state index contributed by atoms with van der Waals surface area (Å²) >= 11 is 5.25. The van der Waals surface area contributed by atoms with Crippen LogP contribution in [0.1, 0.15) is 26.2 Å². The zero-order valence-corrected chi connectivity index (χ0v) is 11.3. The van der Waals surface area contributed by atoms with E-state index in [0.717, 1.165) is 49.6 Å². The summed E-state index contributed by atoms with van der Waals surface area (Å²) < 4.78 is 8.18. The number of piperidine rings is 1. The third-order valence-electron chi connectivity index (χ3n) is 3.24. The first kappa shape index (κ1) is 12.6. The molecule has 0 unspecified atom stereocenters. The predicted molar refractivity (Wildman–Crippen MR) is 69.9 cm³/mol. The minimum absolute atomic E-state index is 0.396. The highest BCUT2D eigenvalue weighted by Crippen LogP contribution is 2.19. The summed E-state index contributed by atoms with van der Waals surface area (Å²) in [6.45, 7) is 5.05. The molecular formula is C11H20N4OS. The van der Waals surface area contributed by atoms with Crippen LogP contribution in [0.15, 0.2) is 0 Å². The zero-order chi connectivity index (χ0) is 12.3. The van der Waals surface area contributed by atoms with Gasteiger partial charge >= 0.3 is 0 Å². The van der Waals surface area contributed by atoms with E-state index in [0.29, 0.717) is 6.10 Å². The third-order valence-corrected chi connectivity index (χ3v) is 3.56. The molecule has 0 saturated carbocycles. The van der Waals surface area contributed by atoms with Gasteiger partial charge in [0.15, 0.2) is 4.77 Å². The number of rotatable bonds is 4. The zero-order valence-electron chi connectivity index (χ0n) is 10.5. The van der Waals surface area contributed by atoms with Gasteiger partial charge in [-0.1, -0.05) is 6.92 Å². The summed E-state index contributed by atoms with van der Waals surface area (Å²) in [6, 6.07) is 0. The van der Waals surface area contributed by atoms with Crippen LogP contribution >= 0.6 is 12.2 Å². The van der Waals surface area contributed by atoms with E-state index in [1.54, 1.807) is 7.11 Å². The number of aromatic amines is 1. The van der Waals surface area contributed by atoms with Crippen molar-refractivity contribution in [2.45, 2.75) is 38.8 Å². The summed E-state index contributed by atoms with van der Waals surface area (Å²) in [4.78, 5) is 2.29. The quantitative estimate of drug-likeness (QED) is 0.837. The highest BCUT2D eigenvalue weighted by molar-refractivity contribution is 7.71. The van der Waals surface area contributed by atoms with E-state index < -0.39 is 0 Å². The lowest BCUT2D eigenvalue weighted by Gasteiger charge is -2.31. The second-order valence-electron chi connectivity index (χ2n) is 4.40. The fraction of sp³-hybridized carbons (Fsp3) is 0.818. The van der Waals surface area contributed by atoms with Crippen molar-refractivity contribution in [1.29, 1.82) is 0 Å². The normalized spacial score (nSPS) is 17.6. The van der Waals surface area contributed by atoms with E-state index >= 15 is 0 Å². The van der Waals surface area contributed by atoms with Crippen LogP contribution in [0.2, 0.25) is 0 Å². The summed E-state index contributed by atoms with van der Waals surface area (Å²) in [5.74, 6) is 0.978. The topological polar surface area (TPSA) is 46.1 Å². The predicted octanol–water partition coefficient (Wildman–Crippen LogP) is 1.97. The maximum atomic E-state index is 5.38. The molecule has 5 nitrogen and oxygen atoms in total. The molecular weight excluding hydrogens is 236 g/mol. The Morgan fingerprint density at radius 2 is 2.18 bits per heavy atom. The molecule has 1 aliphatic rings. The fourth-order valence-electron chi connectivity index (χ4n) is 2.27. The number of nitrogens with zero attached hydrogens (tertiary/aromatic N) is 3. The Kier molecular flexibility index (Phi) is 4.17. The van der Waals surface area contributed by atoms with Crippen molar-refractivity contribution >= 4 is 18.2 Å². The highest BCUT2D eigenvalue weighted by Gasteiger charge is 2.22. The summed E-state index contributed by atoms with van der Waals surface area (Å²) in [6.07, 6.45) is 3.58. The summed E-state index contributed by atoms with van der Waals surface area (Å²) in [5, 5.41) is 7.23. The first-order valence-corrected chi connectivity index (χ1v) is 6.60. The smallest absolute Gasteiger partial charge is 0.225 e. The number of H-pyrrole nitrogens is 1. The Balaban J connectivity index is 2.10. The first-order chi connectivity index (χ1) is 8.26. The van der Waals surface area contributed by atoms with E-state index in [-0.39, 0.29) is 0 Å². The molecule has 1 saturated heterocycles. The second-order valence-corrected chi connectivity index (χ2v) is 4.79. The van der Waals surface area contributed by atoms with Crippen molar-refractivity contribution in [3.63, 3.8) is 0 Å². The largest absolute Gasteiger partial charge is 0.381 e. The van der Waals surface area contributed by atoms with Gasteiger partial charge in [-0.25, -0.2) is 5.10 Å². The van der Waals surface area contributed by atoms with Gasteiger partial charge in [0.1, 0.15) is 0 Å².